The quantitative estimate of drug-likeness (QED) is 0.842. The highest BCUT2D eigenvalue weighted by Gasteiger charge is 2.29. The van der Waals surface area contributed by atoms with Gasteiger partial charge < -0.3 is 15.2 Å². The Labute approximate surface area is 105 Å². The topological polar surface area (TPSA) is 75.6 Å². The normalized spacial score (nSPS) is 19.3. The second kappa shape index (κ2) is 5.08. The molecule has 0 bridgehead atoms. The van der Waals surface area contributed by atoms with Crippen LogP contribution in [0.5, 0.6) is 5.75 Å². The van der Waals surface area contributed by atoms with Gasteiger partial charge in [0, 0.05) is 5.56 Å². The molecule has 18 heavy (non-hydrogen) atoms. The number of carbonyl (C=O) groups excluding carboxylic acids is 1. The van der Waals surface area contributed by atoms with Crippen molar-refractivity contribution < 1.29 is 19.4 Å². The fraction of sp³-hybridized carbons (Fsp3) is 0.385. The number of benzene rings is 1. The summed E-state index contributed by atoms with van der Waals surface area (Å²) in [6, 6.07) is 6.46. The molecule has 1 aromatic carbocycles. The molecule has 0 saturated heterocycles. The van der Waals surface area contributed by atoms with Crippen LogP contribution in [0, 0.1) is 0 Å². The standard InChI is InChI=1S/C13H15NO4/c1-8(13(16)17)14-12(15)10-6-7-18-11-5-3-2-4-9(10)11/h2-5,8,10H,6-7H2,1H3,(H,14,15)(H,16,17)/t8-,10+/m0/s1. The van der Waals surface area contributed by atoms with E-state index in [-0.39, 0.29) is 11.8 Å². The molecule has 0 unspecified atom stereocenters. The first-order chi connectivity index (χ1) is 8.59. The van der Waals surface area contributed by atoms with Crippen LogP contribution >= 0.6 is 0 Å². The maximum atomic E-state index is 12.0. The second-order valence-electron chi connectivity index (χ2n) is 4.30. The highest BCUT2D eigenvalue weighted by Crippen LogP contribution is 2.33. The number of hydrogen-bond acceptors (Lipinski definition) is 3. The molecule has 1 heterocycles. The summed E-state index contributed by atoms with van der Waals surface area (Å²) < 4.78 is 5.46. The third-order valence-electron chi connectivity index (χ3n) is 3.00. The predicted octanol–water partition coefficient (Wildman–Crippen LogP) is 1.14. The van der Waals surface area contributed by atoms with E-state index in [1.54, 1.807) is 0 Å². The second-order valence-corrected chi connectivity index (χ2v) is 4.30. The summed E-state index contributed by atoms with van der Waals surface area (Å²) in [6.45, 7) is 1.92. The third kappa shape index (κ3) is 2.45. The number of carboxylic acid groups (broad SMARTS) is 1. The van der Waals surface area contributed by atoms with Crippen LogP contribution < -0.4 is 10.1 Å². The van der Waals surface area contributed by atoms with Crippen molar-refractivity contribution in [3.8, 4) is 5.75 Å². The van der Waals surface area contributed by atoms with Crippen LogP contribution in [-0.4, -0.2) is 29.6 Å². The van der Waals surface area contributed by atoms with E-state index in [0.717, 1.165) is 5.56 Å². The van der Waals surface area contributed by atoms with Gasteiger partial charge in [0.1, 0.15) is 11.8 Å². The Hall–Kier alpha value is -2.04. The lowest BCUT2D eigenvalue weighted by Gasteiger charge is -2.25. The summed E-state index contributed by atoms with van der Waals surface area (Å²) in [5, 5.41) is 11.3. The van der Waals surface area contributed by atoms with E-state index in [1.165, 1.54) is 6.92 Å². The molecule has 0 aliphatic carbocycles. The van der Waals surface area contributed by atoms with Gasteiger partial charge in [-0.3, -0.25) is 9.59 Å². The van der Waals surface area contributed by atoms with Crippen molar-refractivity contribution in [1.82, 2.24) is 5.32 Å². The zero-order chi connectivity index (χ0) is 13.1. The van der Waals surface area contributed by atoms with Crippen LogP contribution in [0.2, 0.25) is 0 Å². The van der Waals surface area contributed by atoms with Crippen LogP contribution in [-0.2, 0) is 9.59 Å². The average molecular weight is 249 g/mol. The van der Waals surface area contributed by atoms with Crippen molar-refractivity contribution in [2.24, 2.45) is 0 Å². The summed E-state index contributed by atoms with van der Waals surface area (Å²) in [6.07, 6.45) is 0.565. The maximum Gasteiger partial charge on any atom is 0.325 e. The monoisotopic (exact) mass is 249 g/mol. The Morgan fingerprint density at radius 2 is 2.17 bits per heavy atom. The van der Waals surface area contributed by atoms with Crippen molar-refractivity contribution in [1.29, 1.82) is 0 Å². The van der Waals surface area contributed by atoms with Crippen LogP contribution in [0.15, 0.2) is 24.3 Å². The third-order valence-corrected chi connectivity index (χ3v) is 3.00. The fourth-order valence-corrected chi connectivity index (χ4v) is 1.99. The number of nitrogens with one attached hydrogen (secondary N) is 1. The highest BCUT2D eigenvalue weighted by atomic mass is 16.5. The van der Waals surface area contributed by atoms with Crippen molar-refractivity contribution >= 4 is 11.9 Å². The Morgan fingerprint density at radius 3 is 2.89 bits per heavy atom. The number of amides is 1. The summed E-state index contributed by atoms with van der Waals surface area (Å²) in [7, 11) is 0. The maximum absolute atomic E-state index is 12.0. The smallest absolute Gasteiger partial charge is 0.325 e. The first-order valence-electron chi connectivity index (χ1n) is 5.84. The molecule has 0 saturated carbocycles. The van der Waals surface area contributed by atoms with E-state index < -0.39 is 12.0 Å². The summed E-state index contributed by atoms with van der Waals surface area (Å²) in [4.78, 5) is 22.8. The molecule has 1 aliphatic heterocycles. The number of fused-ring (bicyclic) bond motifs is 1. The highest BCUT2D eigenvalue weighted by molar-refractivity contribution is 5.88. The minimum atomic E-state index is -1.04. The molecule has 96 valence electrons. The molecule has 2 N–H and O–H groups in total. The lowest BCUT2D eigenvalue weighted by molar-refractivity contribution is -0.141. The minimum absolute atomic E-state index is 0.263. The van der Waals surface area contributed by atoms with Gasteiger partial charge >= 0.3 is 5.97 Å². The Bertz CT molecular complexity index is 472. The molecule has 0 spiro atoms. The molecule has 2 rings (SSSR count). The summed E-state index contributed by atoms with van der Waals surface area (Å²) in [5.41, 5.74) is 0.818. The van der Waals surface area contributed by atoms with Crippen LogP contribution in [0.25, 0.3) is 0 Å². The average Bonchev–Trinajstić information content (AvgIpc) is 2.37. The number of aliphatic carboxylic acids is 1. The molecule has 2 atom stereocenters. The minimum Gasteiger partial charge on any atom is -0.493 e. The number of rotatable bonds is 3. The van der Waals surface area contributed by atoms with Gasteiger partial charge in [0.05, 0.1) is 12.5 Å². The molecular weight excluding hydrogens is 234 g/mol. The number of carbonyl (C=O) groups is 2. The summed E-state index contributed by atoms with van der Waals surface area (Å²) >= 11 is 0. The lowest BCUT2D eigenvalue weighted by atomic mass is 9.92. The van der Waals surface area contributed by atoms with Crippen molar-refractivity contribution in [3.63, 3.8) is 0 Å². The fourth-order valence-electron chi connectivity index (χ4n) is 1.99. The van der Waals surface area contributed by atoms with Gasteiger partial charge in [-0.2, -0.15) is 0 Å². The number of ether oxygens (including phenoxy) is 1. The molecule has 0 fully saturated rings. The number of para-hydroxylation sites is 1. The van der Waals surface area contributed by atoms with Crippen LogP contribution in [0.1, 0.15) is 24.8 Å². The van der Waals surface area contributed by atoms with Crippen molar-refractivity contribution in [2.45, 2.75) is 25.3 Å². The lowest BCUT2D eigenvalue weighted by Crippen LogP contribution is -2.42. The van der Waals surface area contributed by atoms with E-state index in [2.05, 4.69) is 5.32 Å². The van der Waals surface area contributed by atoms with E-state index in [1.807, 2.05) is 24.3 Å². The molecule has 0 aromatic heterocycles. The van der Waals surface area contributed by atoms with Gasteiger partial charge in [-0.1, -0.05) is 18.2 Å². The zero-order valence-electron chi connectivity index (χ0n) is 10.1. The van der Waals surface area contributed by atoms with E-state index in [4.69, 9.17) is 9.84 Å². The molecule has 1 aromatic rings. The summed E-state index contributed by atoms with van der Waals surface area (Å²) in [5.74, 6) is -0.937. The molecule has 5 nitrogen and oxygen atoms in total. The van der Waals surface area contributed by atoms with Gasteiger partial charge in [0.15, 0.2) is 0 Å². The van der Waals surface area contributed by atoms with E-state index in [9.17, 15) is 9.59 Å². The van der Waals surface area contributed by atoms with E-state index in [0.29, 0.717) is 18.8 Å². The SMILES string of the molecule is C[C@H](NC(=O)[C@@H]1CCOc2ccccc21)C(=O)O. The first-order valence-corrected chi connectivity index (χ1v) is 5.84. The molecule has 1 aliphatic rings. The zero-order valence-corrected chi connectivity index (χ0v) is 10.1. The van der Waals surface area contributed by atoms with Gasteiger partial charge in [-0.15, -0.1) is 0 Å². The van der Waals surface area contributed by atoms with Gasteiger partial charge in [-0.25, -0.2) is 0 Å². The van der Waals surface area contributed by atoms with Crippen molar-refractivity contribution in [2.75, 3.05) is 6.61 Å². The van der Waals surface area contributed by atoms with Crippen molar-refractivity contribution in [3.05, 3.63) is 29.8 Å². The Morgan fingerprint density at radius 1 is 1.44 bits per heavy atom. The largest absolute Gasteiger partial charge is 0.493 e. The molecule has 5 heteroatoms. The first kappa shape index (κ1) is 12.4. The Balaban J connectivity index is 2.15. The number of hydrogen-bond donors (Lipinski definition) is 2. The molecule has 1 amide bonds. The Kier molecular flexibility index (Phi) is 3.50. The van der Waals surface area contributed by atoms with E-state index >= 15 is 0 Å². The predicted molar refractivity (Wildman–Crippen MR) is 64.5 cm³/mol. The molecular formula is C13H15NO4. The van der Waals surface area contributed by atoms with Gasteiger partial charge in [0.25, 0.3) is 0 Å². The number of carboxylic acids is 1. The van der Waals surface area contributed by atoms with Crippen LogP contribution in [0.4, 0.5) is 0 Å². The van der Waals surface area contributed by atoms with Gasteiger partial charge in [0.2, 0.25) is 5.91 Å². The molecule has 0 radical (unpaired) electrons. The van der Waals surface area contributed by atoms with Gasteiger partial charge in [-0.05, 0) is 19.4 Å². The van der Waals surface area contributed by atoms with Crippen LogP contribution in [0.3, 0.4) is 0 Å².